The van der Waals surface area contributed by atoms with Crippen LogP contribution in [0.25, 0.3) is 11.5 Å². The molecule has 5 nitrogen and oxygen atoms in total. The van der Waals surface area contributed by atoms with E-state index in [9.17, 15) is 4.79 Å². The molecule has 1 N–H and O–H groups in total. The molecule has 0 fully saturated rings. The zero-order valence-electron chi connectivity index (χ0n) is 13.0. The second kappa shape index (κ2) is 6.44. The second-order valence-corrected chi connectivity index (χ2v) is 5.42. The summed E-state index contributed by atoms with van der Waals surface area (Å²) in [7, 11) is 0. The number of aromatic nitrogens is 2. The Labute approximate surface area is 134 Å². The fourth-order valence-electron chi connectivity index (χ4n) is 2.36. The molecule has 1 amide bonds. The summed E-state index contributed by atoms with van der Waals surface area (Å²) in [6.07, 6.45) is 0.339. The lowest BCUT2D eigenvalue weighted by Crippen LogP contribution is -2.14. The van der Waals surface area contributed by atoms with Crippen molar-refractivity contribution in [2.75, 3.05) is 5.32 Å². The van der Waals surface area contributed by atoms with Crippen molar-refractivity contribution < 1.29 is 9.21 Å². The Morgan fingerprint density at radius 2 is 1.91 bits per heavy atom. The van der Waals surface area contributed by atoms with E-state index >= 15 is 0 Å². The molecule has 1 aromatic heterocycles. The van der Waals surface area contributed by atoms with Crippen molar-refractivity contribution >= 4 is 11.6 Å². The van der Waals surface area contributed by atoms with Gasteiger partial charge < -0.3 is 9.73 Å². The van der Waals surface area contributed by atoms with Crippen LogP contribution in [0.15, 0.2) is 52.9 Å². The van der Waals surface area contributed by atoms with Gasteiger partial charge in [0.15, 0.2) is 0 Å². The van der Waals surface area contributed by atoms with E-state index in [0.29, 0.717) is 23.9 Å². The van der Waals surface area contributed by atoms with Gasteiger partial charge in [-0.25, -0.2) is 0 Å². The van der Waals surface area contributed by atoms with Crippen LogP contribution in [-0.4, -0.2) is 16.1 Å². The molecule has 2 aromatic carbocycles. The number of carbonyl (C=O) groups excluding carboxylic acids is 1. The number of hydrogen-bond donors (Lipinski definition) is 1. The molecule has 0 radical (unpaired) electrons. The van der Waals surface area contributed by atoms with E-state index in [4.69, 9.17) is 4.42 Å². The number of benzene rings is 2. The minimum Gasteiger partial charge on any atom is -0.421 e. The molecular weight excluding hydrogens is 290 g/mol. The van der Waals surface area contributed by atoms with Gasteiger partial charge in [0, 0.05) is 18.2 Å². The molecule has 5 heteroatoms. The van der Waals surface area contributed by atoms with Gasteiger partial charge in [-0.3, -0.25) is 4.79 Å². The van der Waals surface area contributed by atoms with E-state index < -0.39 is 0 Å². The quantitative estimate of drug-likeness (QED) is 0.800. The van der Waals surface area contributed by atoms with Crippen LogP contribution in [0, 0.1) is 13.8 Å². The van der Waals surface area contributed by atoms with Gasteiger partial charge in [0.25, 0.3) is 0 Å². The number of rotatable bonds is 4. The summed E-state index contributed by atoms with van der Waals surface area (Å²) in [5.41, 5.74) is 3.62. The molecule has 1 heterocycles. The highest BCUT2D eigenvalue weighted by molar-refractivity contribution is 5.92. The fraction of sp³-hybridized carbons (Fsp3) is 0.167. The number of hydrogen-bond acceptors (Lipinski definition) is 4. The Morgan fingerprint density at radius 3 is 2.65 bits per heavy atom. The van der Waals surface area contributed by atoms with Crippen molar-refractivity contribution in [2.45, 2.75) is 20.3 Å². The van der Waals surface area contributed by atoms with Crippen LogP contribution in [-0.2, 0) is 11.2 Å². The van der Waals surface area contributed by atoms with Gasteiger partial charge in [-0.05, 0) is 30.7 Å². The first-order chi connectivity index (χ1) is 11.1. The second-order valence-electron chi connectivity index (χ2n) is 5.42. The number of nitrogens with zero attached hydrogens (tertiary/aromatic N) is 2. The van der Waals surface area contributed by atoms with Gasteiger partial charge in [0.2, 0.25) is 17.7 Å². The molecule has 0 spiro atoms. The molecule has 23 heavy (non-hydrogen) atoms. The minimum atomic E-state index is -0.0607. The first kappa shape index (κ1) is 15.0. The third kappa shape index (κ3) is 3.83. The van der Waals surface area contributed by atoms with Crippen molar-refractivity contribution in [2.24, 2.45) is 0 Å². The largest absolute Gasteiger partial charge is 0.421 e. The van der Waals surface area contributed by atoms with Crippen LogP contribution in [0.1, 0.15) is 17.0 Å². The Bertz CT molecular complexity index is 840. The molecular formula is C18H17N3O2. The molecule has 0 aliphatic rings. The van der Waals surface area contributed by atoms with Gasteiger partial charge in [-0.2, -0.15) is 0 Å². The maximum absolute atomic E-state index is 12.2. The lowest BCUT2D eigenvalue weighted by Gasteiger charge is -2.07. The number of carbonyl (C=O) groups is 1. The van der Waals surface area contributed by atoms with Gasteiger partial charge in [0.05, 0.1) is 6.42 Å². The van der Waals surface area contributed by atoms with Crippen molar-refractivity contribution in [1.82, 2.24) is 10.2 Å². The standard InChI is InChI=1S/C18H17N3O2/c1-12-5-3-6-14(9-12)10-17(22)19-16-8-4-7-15(11-16)18-21-20-13(2)23-18/h3-9,11H,10H2,1-2H3,(H,19,22). The average molecular weight is 307 g/mol. The topological polar surface area (TPSA) is 68.0 Å². The first-order valence-corrected chi connectivity index (χ1v) is 7.36. The molecule has 0 bridgehead atoms. The molecule has 0 aliphatic carbocycles. The average Bonchev–Trinajstić information content (AvgIpc) is 2.94. The molecule has 0 unspecified atom stereocenters. The zero-order valence-corrected chi connectivity index (χ0v) is 13.0. The summed E-state index contributed by atoms with van der Waals surface area (Å²) in [5.74, 6) is 0.889. The Morgan fingerprint density at radius 1 is 1.09 bits per heavy atom. The zero-order chi connectivity index (χ0) is 16.2. The highest BCUT2D eigenvalue weighted by Crippen LogP contribution is 2.21. The Kier molecular flexibility index (Phi) is 4.19. The highest BCUT2D eigenvalue weighted by atomic mass is 16.4. The molecule has 0 aliphatic heterocycles. The van der Waals surface area contributed by atoms with Gasteiger partial charge in [0.1, 0.15) is 0 Å². The van der Waals surface area contributed by atoms with Crippen molar-refractivity contribution in [3.63, 3.8) is 0 Å². The maximum Gasteiger partial charge on any atom is 0.247 e. The summed E-state index contributed by atoms with van der Waals surface area (Å²) in [6, 6.07) is 15.3. The van der Waals surface area contributed by atoms with E-state index in [1.54, 1.807) is 6.92 Å². The van der Waals surface area contributed by atoms with Crippen LogP contribution in [0.2, 0.25) is 0 Å². The Hall–Kier alpha value is -2.95. The predicted octanol–water partition coefficient (Wildman–Crippen LogP) is 3.53. The van der Waals surface area contributed by atoms with E-state index in [1.165, 1.54) is 0 Å². The molecule has 0 saturated heterocycles. The van der Waals surface area contributed by atoms with Crippen LogP contribution >= 0.6 is 0 Å². The predicted molar refractivity (Wildman–Crippen MR) is 88.0 cm³/mol. The Balaban J connectivity index is 1.71. The van der Waals surface area contributed by atoms with Crippen molar-refractivity contribution in [3.8, 4) is 11.5 Å². The maximum atomic E-state index is 12.2. The lowest BCUT2D eigenvalue weighted by molar-refractivity contribution is -0.115. The molecule has 3 aromatic rings. The van der Waals surface area contributed by atoms with Crippen LogP contribution in [0.5, 0.6) is 0 Å². The third-order valence-corrected chi connectivity index (χ3v) is 3.37. The van der Waals surface area contributed by atoms with E-state index in [2.05, 4.69) is 15.5 Å². The van der Waals surface area contributed by atoms with Crippen molar-refractivity contribution in [3.05, 3.63) is 65.5 Å². The normalized spacial score (nSPS) is 10.5. The fourth-order valence-corrected chi connectivity index (χ4v) is 2.36. The van der Waals surface area contributed by atoms with E-state index in [-0.39, 0.29) is 5.91 Å². The minimum absolute atomic E-state index is 0.0607. The summed E-state index contributed by atoms with van der Waals surface area (Å²) >= 11 is 0. The third-order valence-electron chi connectivity index (χ3n) is 3.37. The summed E-state index contributed by atoms with van der Waals surface area (Å²) in [6.45, 7) is 3.75. The molecule has 0 atom stereocenters. The molecule has 3 rings (SSSR count). The number of anilines is 1. The van der Waals surface area contributed by atoms with Crippen LogP contribution in [0.4, 0.5) is 5.69 Å². The van der Waals surface area contributed by atoms with Gasteiger partial charge in [-0.1, -0.05) is 35.9 Å². The van der Waals surface area contributed by atoms with E-state index in [0.717, 1.165) is 16.7 Å². The SMILES string of the molecule is Cc1cccc(CC(=O)Nc2cccc(-c3nnc(C)o3)c2)c1. The van der Waals surface area contributed by atoms with Crippen LogP contribution < -0.4 is 5.32 Å². The first-order valence-electron chi connectivity index (χ1n) is 7.36. The van der Waals surface area contributed by atoms with Gasteiger partial charge in [-0.15, -0.1) is 10.2 Å². The summed E-state index contributed by atoms with van der Waals surface area (Å²) < 4.78 is 5.40. The lowest BCUT2D eigenvalue weighted by atomic mass is 10.1. The van der Waals surface area contributed by atoms with E-state index in [1.807, 2.05) is 55.5 Å². The monoisotopic (exact) mass is 307 g/mol. The highest BCUT2D eigenvalue weighted by Gasteiger charge is 2.08. The van der Waals surface area contributed by atoms with Crippen molar-refractivity contribution in [1.29, 1.82) is 0 Å². The number of nitrogens with one attached hydrogen (secondary N) is 1. The summed E-state index contributed by atoms with van der Waals surface area (Å²) in [5, 5.41) is 10.7. The molecule has 116 valence electrons. The smallest absolute Gasteiger partial charge is 0.247 e. The van der Waals surface area contributed by atoms with Gasteiger partial charge >= 0.3 is 0 Å². The number of aryl methyl sites for hydroxylation is 2. The molecule has 0 saturated carbocycles. The number of amides is 1. The summed E-state index contributed by atoms with van der Waals surface area (Å²) in [4.78, 5) is 12.2. The van der Waals surface area contributed by atoms with Crippen LogP contribution in [0.3, 0.4) is 0 Å².